The summed E-state index contributed by atoms with van der Waals surface area (Å²) in [5.41, 5.74) is 5.98. The molecule has 4 aromatic rings. The number of fused-ring (bicyclic) bond motifs is 2. The average molecular weight is 488 g/mol. The van der Waals surface area contributed by atoms with E-state index in [0.29, 0.717) is 25.1 Å². The van der Waals surface area contributed by atoms with E-state index in [0.717, 1.165) is 51.3 Å². The highest BCUT2D eigenvalue weighted by atomic mass is 19.1. The molecule has 2 heterocycles. The summed E-state index contributed by atoms with van der Waals surface area (Å²) in [5.74, 6) is 1.87. The molecule has 1 aromatic heterocycles. The summed E-state index contributed by atoms with van der Waals surface area (Å²) in [6.45, 7) is 6.81. The lowest BCUT2D eigenvalue weighted by Crippen LogP contribution is -2.33. The maximum absolute atomic E-state index is 13.6. The van der Waals surface area contributed by atoms with Gasteiger partial charge >= 0.3 is 0 Å². The van der Waals surface area contributed by atoms with E-state index in [4.69, 9.17) is 14.5 Å². The zero-order valence-electron chi connectivity index (χ0n) is 20.8. The van der Waals surface area contributed by atoms with Crippen LogP contribution in [0.3, 0.4) is 0 Å². The number of aryl methyl sites for hydroxylation is 2. The molecule has 1 amide bonds. The lowest BCUT2D eigenvalue weighted by atomic mass is 10.1. The van der Waals surface area contributed by atoms with Crippen LogP contribution in [0.4, 0.5) is 4.39 Å². The molecular weight excluding hydrogens is 457 g/mol. The van der Waals surface area contributed by atoms with E-state index in [1.807, 2.05) is 18.2 Å². The van der Waals surface area contributed by atoms with Crippen molar-refractivity contribution in [2.24, 2.45) is 0 Å². The summed E-state index contributed by atoms with van der Waals surface area (Å²) >= 11 is 0. The van der Waals surface area contributed by atoms with E-state index in [9.17, 15) is 9.18 Å². The van der Waals surface area contributed by atoms with Crippen LogP contribution >= 0.6 is 0 Å². The molecule has 1 atom stereocenters. The molecule has 0 radical (unpaired) electrons. The van der Waals surface area contributed by atoms with Crippen LogP contribution in [0, 0.1) is 19.7 Å². The van der Waals surface area contributed by atoms with E-state index >= 15 is 0 Å². The van der Waals surface area contributed by atoms with Crippen molar-refractivity contribution in [3.8, 4) is 11.5 Å². The maximum Gasteiger partial charge on any atom is 0.243 e. The summed E-state index contributed by atoms with van der Waals surface area (Å²) in [7, 11) is 0. The highest BCUT2D eigenvalue weighted by Crippen LogP contribution is 2.33. The molecule has 0 aliphatic carbocycles. The molecular formula is C29H30FN3O3. The topological polar surface area (TPSA) is 65.4 Å². The molecule has 3 aromatic carbocycles. The van der Waals surface area contributed by atoms with Crippen LogP contribution in [-0.4, -0.2) is 22.3 Å². The van der Waals surface area contributed by atoms with Gasteiger partial charge in [-0.3, -0.25) is 4.79 Å². The van der Waals surface area contributed by atoms with E-state index in [1.54, 1.807) is 12.1 Å². The number of halogens is 1. The van der Waals surface area contributed by atoms with Gasteiger partial charge in [0.15, 0.2) is 11.5 Å². The first-order valence-corrected chi connectivity index (χ1v) is 12.3. The molecule has 0 saturated carbocycles. The zero-order valence-corrected chi connectivity index (χ0v) is 20.8. The van der Waals surface area contributed by atoms with E-state index in [2.05, 4.69) is 42.8 Å². The minimum atomic E-state index is -0.424. The number of carbonyl (C=O) groups is 1. The Kier molecular flexibility index (Phi) is 6.63. The Morgan fingerprint density at radius 1 is 1.03 bits per heavy atom. The van der Waals surface area contributed by atoms with Crippen molar-refractivity contribution in [3.05, 3.63) is 88.5 Å². The van der Waals surface area contributed by atoms with Crippen molar-refractivity contribution >= 4 is 16.9 Å². The van der Waals surface area contributed by atoms with Crippen LogP contribution in [0.1, 0.15) is 53.9 Å². The molecule has 0 bridgehead atoms. The molecule has 0 fully saturated rings. The number of aromatic nitrogens is 2. The van der Waals surface area contributed by atoms with Gasteiger partial charge in [-0.15, -0.1) is 0 Å². The minimum absolute atomic E-state index is 0.0626. The Morgan fingerprint density at radius 3 is 2.53 bits per heavy atom. The molecule has 0 spiro atoms. The highest BCUT2D eigenvalue weighted by molar-refractivity contribution is 5.85. The Morgan fingerprint density at radius 2 is 1.75 bits per heavy atom. The van der Waals surface area contributed by atoms with Gasteiger partial charge in [0, 0.05) is 13.0 Å². The second-order valence-corrected chi connectivity index (χ2v) is 9.34. The normalized spacial score (nSPS) is 13.2. The Hall–Kier alpha value is -3.87. The summed E-state index contributed by atoms with van der Waals surface area (Å²) in [6.07, 6.45) is 2.01. The van der Waals surface area contributed by atoms with Crippen molar-refractivity contribution in [3.63, 3.8) is 0 Å². The molecule has 36 heavy (non-hydrogen) atoms. The van der Waals surface area contributed by atoms with Crippen molar-refractivity contribution in [2.75, 3.05) is 6.79 Å². The van der Waals surface area contributed by atoms with Crippen LogP contribution < -0.4 is 14.8 Å². The van der Waals surface area contributed by atoms with Crippen molar-refractivity contribution in [2.45, 2.75) is 52.6 Å². The maximum atomic E-state index is 13.6. The SMILES string of the molecule is CCC[C@@H](C(=O)NCc1ccc2c(c1)OCO2)n1c(Cc2ccc(F)cc2)nc2cc(C)c(C)cc21. The molecule has 186 valence electrons. The van der Waals surface area contributed by atoms with E-state index in [1.165, 1.54) is 12.1 Å². The van der Waals surface area contributed by atoms with E-state index in [-0.39, 0.29) is 18.5 Å². The summed E-state index contributed by atoms with van der Waals surface area (Å²) in [5, 5.41) is 3.12. The largest absolute Gasteiger partial charge is 0.454 e. The zero-order chi connectivity index (χ0) is 25.2. The number of benzene rings is 3. The smallest absolute Gasteiger partial charge is 0.243 e. The standard InChI is InChI=1S/C29H30FN3O3/c1-4-5-24(29(34)31-16-21-8-11-26-27(14-21)36-17-35-26)33-25-13-19(3)18(2)12-23(25)32-28(33)15-20-6-9-22(30)10-7-20/h6-14,24H,4-5,15-17H2,1-3H3,(H,31,34)/t24-/m0/s1. The first kappa shape index (κ1) is 23.9. The van der Waals surface area contributed by atoms with Gasteiger partial charge in [-0.05, 0) is 78.9 Å². The van der Waals surface area contributed by atoms with Crippen molar-refractivity contribution < 1.29 is 18.7 Å². The van der Waals surface area contributed by atoms with Crippen LogP contribution in [0.2, 0.25) is 0 Å². The Bertz CT molecular complexity index is 1410. The predicted octanol–water partition coefficient (Wildman–Crippen LogP) is 5.77. The highest BCUT2D eigenvalue weighted by Gasteiger charge is 2.26. The molecule has 1 aliphatic rings. The molecule has 6 nitrogen and oxygen atoms in total. The summed E-state index contributed by atoms with van der Waals surface area (Å²) < 4.78 is 26.4. The quantitative estimate of drug-likeness (QED) is 0.343. The summed E-state index contributed by atoms with van der Waals surface area (Å²) in [4.78, 5) is 18.6. The van der Waals surface area contributed by atoms with Gasteiger partial charge < -0.3 is 19.4 Å². The van der Waals surface area contributed by atoms with Gasteiger partial charge in [-0.25, -0.2) is 9.37 Å². The van der Waals surface area contributed by atoms with Gasteiger partial charge in [0.25, 0.3) is 0 Å². The third kappa shape index (κ3) is 4.78. The number of hydrogen-bond acceptors (Lipinski definition) is 4. The average Bonchev–Trinajstić information content (AvgIpc) is 3.46. The van der Waals surface area contributed by atoms with Gasteiger partial charge in [0.2, 0.25) is 12.7 Å². The second-order valence-electron chi connectivity index (χ2n) is 9.34. The molecule has 1 N–H and O–H groups in total. The summed E-state index contributed by atoms with van der Waals surface area (Å²) in [6, 6.07) is 15.9. The monoisotopic (exact) mass is 487 g/mol. The van der Waals surface area contributed by atoms with E-state index < -0.39 is 6.04 Å². The number of rotatable bonds is 8. The minimum Gasteiger partial charge on any atom is -0.454 e. The number of nitrogens with zero attached hydrogens (tertiary/aromatic N) is 2. The molecule has 5 rings (SSSR count). The molecule has 0 unspecified atom stereocenters. The fourth-order valence-corrected chi connectivity index (χ4v) is 4.67. The second kappa shape index (κ2) is 10.0. The fourth-order valence-electron chi connectivity index (χ4n) is 4.67. The van der Waals surface area contributed by atoms with Crippen molar-refractivity contribution in [1.29, 1.82) is 0 Å². The van der Waals surface area contributed by atoms with Gasteiger partial charge in [0.05, 0.1) is 11.0 Å². The Labute approximate surface area is 210 Å². The van der Waals surface area contributed by atoms with Crippen LogP contribution in [0.5, 0.6) is 11.5 Å². The van der Waals surface area contributed by atoms with Gasteiger partial charge in [-0.1, -0.05) is 31.5 Å². The number of nitrogens with one attached hydrogen (secondary N) is 1. The number of carbonyl (C=O) groups excluding carboxylic acids is 1. The number of ether oxygens (including phenoxy) is 2. The molecule has 0 saturated heterocycles. The number of hydrogen-bond donors (Lipinski definition) is 1. The molecule has 7 heteroatoms. The fraction of sp³-hybridized carbons (Fsp3) is 0.310. The lowest BCUT2D eigenvalue weighted by Gasteiger charge is -2.21. The first-order valence-electron chi connectivity index (χ1n) is 12.3. The Balaban J connectivity index is 1.48. The predicted molar refractivity (Wildman–Crippen MR) is 137 cm³/mol. The lowest BCUT2D eigenvalue weighted by molar-refractivity contribution is -0.124. The van der Waals surface area contributed by atoms with Crippen LogP contribution in [0.15, 0.2) is 54.6 Å². The van der Waals surface area contributed by atoms with Gasteiger partial charge in [-0.2, -0.15) is 0 Å². The van der Waals surface area contributed by atoms with Gasteiger partial charge in [0.1, 0.15) is 17.7 Å². The first-order chi connectivity index (χ1) is 17.4. The third-order valence-corrected chi connectivity index (χ3v) is 6.73. The number of imidazole rings is 1. The number of amides is 1. The third-order valence-electron chi connectivity index (χ3n) is 6.73. The van der Waals surface area contributed by atoms with Crippen LogP contribution in [-0.2, 0) is 17.8 Å². The van der Waals surface area contributed by atoms with Crippen LogP contribution in [0.25, 0.3) is 11.0 Å². The van der Waals surface area contributed by atoms with Crippen molar-refractivity contribution in [1.82, 2.24) is 14.9 Å². The molecule has 1 aliphatic heterocycles.